The molecule has 0 aliphatic heterocycles. The Hall–Kier alpha value is 0.244. The summed E-state index contributed by atoms with van der Waals surface area (Å²) in [5.41, 5.74) is 0. The van der Waals surface area contributed by atoms with Crippen molar-refractivity contribution in [3.05, 3.63) is 12.4 Å². The van der Waals surface area contributed by atoms with Crippen LogP contribution in [0.4, 0.5) is 0 Å². The first-order valence-corrected chi connectivity index (χ1v) is 1.62. The summed E-state index contributed by atoms with van der Waals surface area (Å²) in [7, 11) is 1.80. The maximum Gasteiger partial charge on any atom is 0.0280 e. The van der Waals surface area contributed by atoms with Crippen LogP contribution in [0.25, 0.3) is 0 Å². The maximum absolute atomic E-state index is 3.53. The van der Waals surface area contributed by atoms with E-state index in [-0.39, 0.29) is 32.7 Å². The second-order valence-corrected chi connectivity index (χ2v) is 1.02. The largest absolute Gasteiger partial charge is 0.352 e. The van der Waals surface area contributed by atoms with E-state index in [1.54, 1.807) is 17.9 Å². The third-order valence-corrected chi connectivity index (χ3v) is 0.488. The van der Waals surface area contributed by atoms with Gasteiger partial charge >= 0.3 is 0 Å². The van der Waals surface area contributed by atoms with E-state index in [4.69, 9.17) is 0 Å². The molecule has 0 saturated carbocycles. The van der Waals surface area contributed by atoms with E-state index in [0.29, 0.717) is 0 Å². The summed E-state index contributed by atoms with van der Waals surface area (Å²) in [6, 6.07) is 0. The molecule has 1 heterocycles. The molecule has 0 amide bonds. The Labute approximate surface area is 67.0 Å². The van der Waals surface area contributed by atoms with Crippen LogP contribution >= 0.6 is 0 Å². The third kappa shape index (κ3) is 2.14. The number of hydrogen-bond donors (Lipinski definition) is 0. The van der Waals surface area contributed by atoms with Crippen LogP contribution in [0.1, 0.15) is 0 Å². The fraction of sp³-hybridized carbons (Fsp3) is 0.333. The minimum Gasteiger partial charge on any atom is -0.352 e. The predicted molar refractivity (Wildman–Crippen MR) is 19.8 cm³/mol. The minimum absolute atomic E-state index is 0. The van der Waals surface area contributed by atoms with Gasteiger partial charge in [-0.3, -0.25) is 4.68 Å². The van der Waals surface area contributed by atoms with Crippen LogP contribution < -0.4 is 0 Å². The summed E-state index contributed by atoms with van der Waals surface area (Å²) in [6.45, 7) is 0. The molecule has 1 aromatic heterocycles. The van der Waals surface area contributed by atoms with Gasteiger partial charge in [-0.15, -0.1) is 11.4 Å². The number of aromatic nitrogens is 3. The fourth-order valence-corrected chi connectivity index (χ4v) is 0.232. The van der Waals surface area contributed by atoms with Crippen LogP contribution in [0.5, 0.6) is 0 Å². The van der Waals surface area contributed by atoms with Crippen molar-refractivity contribution < 1.29 is 32.7 Å². The van der Waals surface area contributed by atoms with Crippen LogP contribution in [-0.4, -0.2) is 15.0 Å². The zero-order valence-electron chi connectivity index (χ0n) is 4.00. The summed E-state index contributed by atoms with van der Waals surface area (Å²) >= 11 is 0. The van der Waals surface area contributed by atoms with E-state index in [2.05, 4.69) is 16.5 Å². The zero-order valence-corrected chi connectivity index (χ0v) is 6.83. The summed E-state index contributed by atoms with van der Waals surface area (Å²) in [5, 5.41) is 6.94. The molecule has 0 N–H and O–H groups in total. The predicted octanol–water partition coefficient (Wildman–Crippen LogP) is -0.387. The molecule has 0 aliphatic rings. The van der Waals surface area contributed by atoms with Crippen LogP contribution in [-0.2, 0) is 39.8 Å². The summed E-state index contributed by atoms with van der Waals surface area (Å²) in [5.74, 6) is 0. The molecular weight excluding hydrogens is 167 g/mol. The van der Waals surface area contributed by atoms with E-state index in [1.807, 2.05) is 0 Å². The van der Waals surface area contributed by atoms with Crippen LogP contribution in [0.15, 0.2) is 6.20 Å². The van der Waals surface area contributed by atoms with E-state index in [9.17, 15) is 0 Å². The number of hydrogen-bond acceptors (Lipinski definition) is 2. The van der Waals surface area contributed by atoms with E-state index in [0.717, 1.165) is 0 Å². The zero-order chi connectivity index (χ0) is 4.41. The van der Waals surface area contributed by atoms with Gasteiger partial charge in [0.2, 0.25) is 0 Å². The molecule has 1 radical (unpaired) electrons. The molecule has 0 fully saturated rings. The van der Waals surface area contributed by atoms with Gasteiger partial charge < -0.3 is 11.3 Å². The van der Waals surface area contributed by atoms with Crippen molar-refractivity contribution in [3.63, 3.8) is 0 Å². The first-order valence-electron chi connectivity index (χ1n) is 1.62. The second-order valence-electron chi connectivity index (χ2n) is 1.02. The van der Waals surface area contributed by atoms with Crippen molar-refractivity contribution in [2.75, 3.05) is 0 Å². The van der Waals surface area contributed by atoms with E-state index < -0.39 is 0 Å². The van der Waals surface area contributed by atoms with Gasteiger partial charge in [0.25, 0.3) is 0 Å². The molecule has 0 atom stereocenters. The van der Waals surface area contributed by atoms with Crippen molar-refractivity contribution in [1.29, 1.82) is 0 Å². The number of rotatable bonds is 0. The SMILES string of the molecule is Cn1c[c-]nn1.[Y]. The van der Waals surface area contributed by atoms with Gasteiger partial charge in [0, 0.05) is 39.8 Å². The topological polar surface area (TPSA) is 30.7 Å². The first-order chi connectivity index (χ1) is 2.89. The molecule has 0 saturated heterocycles. The molecule has 4 heteroatoms. The van der Waals surface area contributed by atoms with Crippen LogP contribution in [0, 0.1) is 6.20 Å². The van der Waals surface area contributed by atoms with E-state index >= 15 is 0 Å². The molecule has 0 aliphatic carbocycles. The Morgan fingerprint density at radius 2 is 2.43 bits per heavy atom. The van der Waals surface area contributed by atoms with Crippen molar-refractivity contribution in [3.8, 4) is 0 Å². The quantitative estimate of drug-likeness (QED) is 0.498. The van der Waals surface area contributed by atoms with Crippen molar-refractivity contribution in [2.45, 2.75) is 0 Å². The number of aryl methyl sites for hydroxylation is 1. The Morgan fingerprint density at radius 1 is 1.71 bits per heavy atom. The summed E-state index contributed by atoms with van der Waals surface area (Å²) in [6.07, 6.45) is 4.18. The van der Waals surface area contributed by atoms with Gasteiger partial charge in [-0.1, -0.05) is 0 Å². The molecular formula is C3H4N3Y-. The standard InChI is InChI=1S/C3H4N3.Y/c1-6-3-2-4-5-6;/h3H,1H3;/q-1;. The average molecular weight is 171 g/mol. The fourth-order valence-electron chi connectivity index (χ4n) is 0.232. The van der Waals surface area contributed by atoms with Gasteiger partial charge in [-0.25, -0.2) is 0 Å². The Kier molecular flexibility index (Phi) is 3.39. The average Bonchev–Trinajstić information content (AvgIpc) is 1.86. The summed E-state index contributed by atoms with van der Waals surface area (Å²) in [4.78, 5) is 0. The first kappa shape index (κ1) is 7.24. The number of nitrogens with zero attached hydrogens (tertiary/aromatic N) is 3. The van der Waals surface area contributed by atoms with Gasteiger partial charge in [-0.2, -0.15) is 0 Å². The Balaban J connectivity index is 0.000000360. The second kappa shape index (κ2) is 3.27. The van der Waals surface area contributed by atoms with E-state index in [1.165, 1.54) is 0 Å². The van der Waals surface area contributed by atoms with Gasteiger partial charge in [0.05, 0.1) is 0 Å². The van der Waals surface area contributed by atoms with Crippen LogP contribution in [0.2, 0.25) is 0 Å². The van der Waals surface area contributed by atoms with Crippen molar-refractivity contribution >= 4 is 0 Å². The molecule has 35 valence electrons. The molecule has 0 spiro atoms. The maximum atomic E-state index is 3.53. The molecule has 3 nitrogen and oxygen atoms in total. The van der Waals surface area contributed by atoms with Crippen LogP contribution in [0.3, 0.4) is 0 Å². The van der Waals surface area contributed by atoms with Crippen molar-refractivity contribution in [2.24, 2.45) is 7.05 Å². The monoisotopic (exact) mass is 171 g/mol. The van der Waals surface area contributed by atoms with Gasteiger partial charge in [0.1, 0.15) is 0 Å². The third-order valence-electron chi connectivity index (χ3n) is 0.488. The molecule has 7 heavy (non-hydrogen) atoms. The summed E-state index contributed by atoms with van der Waals surface area (Å²) < 4.78 is 1.58. The Morgan fingerprint density at radius 3 is 2.57 bits per heavy atom. The van der Waals surface area contributed by atoms with Gasteiger partial charge in [-0.05, 0) is 0 Å². The molecule has 1 aromatic rings. The molecule has 1 rings (SSSR count). The molecule has 0 unspecified atom stereocenters. The molecule has 0 aromatic carbocycles. The minimum atomic E-state index is 0. The normalized spacial score (nSPS) is 7.57. The van der Waals surface area contributed by atoms with Crippen molar-refractivity contribution in [1.82, 2.24) is 15.0 Å². The smallest absolute Gasteiger partial charge is 0.0280 e. The molecule has 0 bridgehead atoms. The van der Waals surface area contributed by atoms with Gasteiger partial charge in [0.15, 0.2) is 0 Å². The Bertz CT molecular complexity index is 114.